The van der Waals surface area contributed by atoms with Gasteiger partial charge in [-0.05, 0) is 45.0 Å². The Morgan fingerprint density at radius 1 is 1.09 bits per heavy atom. The smallest absolute Gasteiger partial charge is 0.123 e. The zero-order valence-electron chi connectivity index (χ0n) is 14.2. The molecule has 0 aliphatic rings. The summed E-state index contributed by atoms with van der Waals surface area (Å²) in [6.45, 7) is 10.8. The summed E-state index contributed by atoms with van der Waals surface area (Å²) in [5.41, 5.74) is 1.16. The van der Waals surface area contributed by atoms with Crippen LogP contribution in [-0.4, -0.2) is 6.04 Å². The van der Waals surface area contributed by atoms with Gasteiger partial charge in [0.05, 0.1) is 6.04 Å². The third-order valence-electron chi connectivity index (χ3n) is 4.25. The maximum absolute atomic E-state index is 13.0. The number of hydrogen-bond donors (Lipinski definition) is 1. The molecule has 0 fully saturated rings. The van der Waals surface area contributed by atoms with Crippen molar-refractivity contribution in [2.45, 2.75) is 58.5 Å². The summed E-state index contributed by atoms with van der Waals surface area (Å²) in [4.78, 5) is 0. The Morgan fingerprint density at radius 3 is 2.27 bits per heavy atom. The van der Waals surface area contributed by atoms with Crippen LogP contribution in [0.25, 0.3) is 0 Å². The van der Waals surface area contributed by atoms with E-state index in [4.69, 9.17) is 4.42 Å². The van der Waals surface area contributed by atoms with Gasteiger partial charge < -0.3 is 9.73 Å². The van der Waals surface area contributed by atoms with Crippen molar-refractivity contribution in [3.8, 4) is 0 Å². The van der Waals surface area contributed by atoms with Crippen LogP contribution >= 0.6 is 0 Å². The van der Waals surface area contributed by atoms with Gasteiger partial charge in [-0.2, -0.15) is 0 Å². The van der Waals surface area contributed by atoms with Crippen molar-refractivity contribution in [1.29, 1.82) is 0 Å². The predicted molar refractivity (Wildman–Crippen MR) is 87.3 cm³/mol. The van der Waals surface area contributed by atoms with Crippen LogP contribution < -0.4 is 5.32 Å². The Labute approximate surface area is 132 Å². The maximum atomic E-state index is 13.0. The molecular weight excluding hydrogens is 277 g/mol. The van der Waals surface area contributed by atoms with Crippen molar-refractivity contribution >= 4 is 0 Å². The molecule has 22 heavy (non-hydrogen) atoms. The van der Waals surface area contributed by atoms with Crippen molar-refractivity contribution < 1.29 is 14.1 Å². The Kier molecular flexibility index (Phi) is 5.07. The first-order valence-corrected chi connectivity index (χ1v) is 7.95. The molecule has 2 aromatic rings. The van der Waals surface area contributed by atoms with E-state index in [1.807, 2.05) is 25.1 Å². The molecule has 2 nitrogen and oxygen atoms in total. The summed E-state index contributed by atoms with van der Waals surface area (Å²) in [7, 11) is 0. The molecule has 3 heteroatoms. The van der Waals surface area contributed by atoms with Gasteiger partial charge in [0.15, 0.2) is 0 Å². The molecular formula is C19H27FNO+. The molecule has 0 saturated carbocycles. The zero-order valence-corrected chi connectivity index (χ0v) is 14.2. The summed E-state index contributed by atoms with van der Waals surface area (Å²) in [5, 5.41) is 2.34. The van der Waals surface area contributed by atoms with E-state index in [9.17, 15) is 4.39 Å². The minimum atomic E-state index is -0.182. The number of benzene rings is 1. The molecule has 0 spiro atoms. The largest absolute Gasteiger partial charge is 0.466 e. The average Bonchev–Trinajstić information content (AvgIpc) is 2.86. The maximum Gasteiger partial charge on any atom is 0.123 e. The van der Waals surface area contributed by atoms with Crippen molar-refractivity contribution in [3.05, 3.63) is 59.3 Å². The van der Waals surface area contributed by atoms with E-state index in [-0.39, 0.29) is 11.2 Å². The summed E-state index contributed by atoms with van der Waals surface area (Å²) in [6.07, 6.45) is 1.02. The predicted octanol–water partition coefficient (Wildman–Crippen LogP) is 4.11. The molecule has 120 valence electrons. The number of rotatable bonds is 6. The van der Waals surface area contributed by atoms with Crippen LogP contribution in [0.2, 0.25) is 0 Å². The minimum absolute atomic E-state index is 0.00664. The average molecular weight is 304 g/mol. The molecule has 0 saturated heterocycles. The van der Waals surface area contributed by atoms with Crippen LogP contribution in [0.3, 0.4) is 0 Å². The van der Waals surface area contributed by atoms with Crippen LogP contribution in [0.4, 0.5) is 4.39 Å². The first-order valence-electron chi connectivity index (χ1n) is 7.95. The number of nitrogens with two attached hydrogens (primary N) is 1. The van der Waals surface area contributed by atoms with Crippen molar-refractivity contribution in [3.63, 3.8) is 0 Å². The van der Waals surface area contributed by atoms with Gasteiger partial charge in [-0.3, -0.25) is 0 Å². The molecule has 2 rings (SSSR count). The Balaban J connectivity index is 1.97. The van der Waals surface area contributed by atoms with Crippen LogP contribution in [0.15, 0.2) is 40.8 Å². The van der Waals surface area contributed by atoms with Crippen LogP contribution in [0.5, 0.6) is 0 Å². The van der Waals surface area contributed by atoms with Gasteiger partial charge in [-0.1, -0.05) is 26.0 Å². The molecule has 1 aromatic heterocycles. The number of hydrogen-bond acceptors (Lipinski definition) is 1. The van der Waals surface area contributed by atoms with Crippen molar-refractivity contribution in [2.24, 2.45) is 0 Å². The molecule has 1 heterocycles. The third-order valence-corrected chi connectivity index (χ3v) is 4.25. The number of quaternary nitrogens is 1. The molecule has 2 N–H and O–H groups in total. The SMILES string of the molecule is Cc1ccc(C(C)(C)C[C@H](C)[NH2+][C@H](C)c2ccc(F)cc2)o1. The topological polar surface area (TPSA) is 29.8 Å². The Hall–Kier alpha value is -1.61. The van der Waals surface area contributed by atoms with Crippen LogP contribution in [0.1, 0.15) is 57.2 Å². The molecule has 0 bridgehead atoms. The van der Waals surface area contributed by atoms with Gasteiger partial charge in [0.25, 0.3) is 0 Å². The highest BCUT2D eigenvalue weighted by Gasteiger charge is 2.29. The summed E-state index contributed by atoms with van der Waals surface area (Å²) >= 11 is 0. The fourth-order valence-electron chi connectivity index (χ4n) is 3.14. The van der Waals surface area contributed by atoms with Crippen molar-refractivity contribution in [1.82, 2.24) is 0 Å². The first kappa shape index (κ1) is 16.8. The summed E-state index contributed by atoms with van der Waals surface area (Å²) in [6, 6.07) is 11.6. The van der Waals surface area contributed by atoms with E-state index in [2.05, 4.69) is 39.1 Å². The molecule has 2 atom stereocenters. The zero-order chi connectivity index (χ0) is 16.3. The number of halogens is 1. The molecule has 0 aliphatic carbocycles. The van der Waals surface area contributed by atoms with Gasteiger partial charge >= 0.3 is 0 Å². The lowest BCUT2D eigenvalue weighted by molar-refractivity contribution is -0.723. The highest BCUT2D eigenvalue weighted by atomic mass is 19.1. The fraction of sp³-hybridized carbons (Fsp3) is 0.474. The van der Waals surface area contributed by atoms with Gasteiger partial charge in [0, 0.05) is 17.4 Å². The lowest BCUT2D eigenvalue weighted by Crippen LogP contribution is -2.90. The lowest BCUT2D eigenvalue weighted by Gasteiger charge is -2.26. The fourth-order valence-corrected chi connectivity index (χ4v) is 3.14. The van der Waals surface area contributed by atoms with Gasteiger partial charge in [0.1, 0.15) is 23.4 Å². The molecule has 0 amide bonds. The second kappa shape index (κ2) is 6.66. The molecule has 0 radical (unpaired) electrons. The quantitative estimate of drug-likeness (QED) is 0.855. The van der Waals surface area contributed by atoms with Gasteiger partial charge in [0.2, 0.25) is 0 Å². The molecule has 0 aliphatic heterocycles. The van der Waals surface area contributed by atoms with E-state index in [1.165, 1.54) is 12.1 Å². The first-order chi connectivity index (χ1) is 10.3. The lowest BCUT2D eigenvalue weighted by atomic mass is 9.83. The van der Waals surface area contributed by atoms with Crippen molar-refractivity contribution in [2.75, 3.05) is 0 Å². The minimum Gasteiger partial charge on any atom is -0.466 e. The van der Waals surface area contributed by atoms with E-state index >= 15 is 0 Å². The van der Waals surface area contributed by atoms with E-state index in [0.717, 1.165) is 23.5 Å². The normalized spacial score (nSPS) is 14.8. The van der Waals surface area contributed by atoms with Crippen LogP contribution in [-0.2, 0) is 5.41 Å². The van der Waals surface area contributed by atoms with Crippen LogP contribution in [0, 0.1) is 12.7 Å². The highest BCUT2D eigenvalue weighted by Crippen LogP contribution is 2.29. The summed E-state index contributed by atoms with van der Waals surface area (Å²) < 4.78 is 18.8. The van der Waals surface area contributed by atoms with E-state index < -0.39 is 0 Å². The summed E-state index contributed by atoms with van der Waals surface area (Å²) in [5.74, 6) is 1.82. The standard InChI is InChI=1S/C19H26FNO/c1-13(12-19(4,5)18-11-6-14(2)22-18)21-15(3)16-7-9-17(20)10-8-16/h6-11,13,15,21H,12H2,1-5H3/p+1/t13-,15+/m0/s1. The second-order valence-electron chi connectivity index (χ2n) is 7.01. The van der Waals surface area contributed by atoms with Gasteiger partial charge in [-0.15, -0.1) is 0 Å². The highest BCUT2D eigenvalue weighted by molar-refractivity contribution is 5.18. The number of furan rings is 1. The molecule has 0 unspecified atom stereocenters. The van der Waals surface area contributed by atoms with Gasteiger partial charge in [-0.25, -0.2) is 4.39 Å². The number of aryl methyl sites for hydroxylation is 1. The Morgan fingerprint density at radius 2 is 1.73 bits per heavy atom. The monoisotopic (exact) mass is 304 g/mol. The van der Waals surface area contributed by atoms with E-state index in [1.54, 1.807) is 0 Å². The molecule has 1 aromatic carbocycles. The van der Waals surface area contributed by atoms with E-state index in [0.29, 0.717) is 12.1 Å². The third kappa shape index (κ3) is 4.20. The second-order valence-corrected chi connectivity index (χ2v) is 7.01. The Bertz CT molecular complexity index is 600.